The van der Waals surface area contributed by atoms with Crippen molar-refractivity contribution >= 4 is 11.8 Å². The molecule has 0 bridgehead atoms. The van der Waals surface area contributed by atoms with Crippen LogP contribution < -0.4 is 10.6 Å². The average molecular weight is 312 g/mol. The van der Waals surface area contributed by atoms with Gasteiger partial charge in [-0.15, -0.1) is 0 Å². The van der Waals surface area contributed by atoms with Gasteiger partial charge in [0, 0.05) is 31.0 Å². The topological polar surface area (TPSA) is 78.4 Å². The van der Waals surface area contributed by atoms with Gasteiger partial charge in [-0.05, 0) is 25.2 Å². The van der Waals surface area contributed by atoms with Gasteiger partial charge in [0.25, 0.3) is 0 Å². The van der Waals surface area contributed by atoms with Gasteiger partial charge >= 0.3 is 0 Å². The zero-order chi connectivity index (χ0) is 16.6. The highest BCUT2D eigenvalue weighted by molar-refractivity contribution is 5.82. The molecule has 0 aromatic heterocycles. The van der Waals surface area contributed by atoms with Crippen molar-refractivity contribution in [2.24, 2.45) is 11.3 Å². The molecule has 0 aromatic carbocycles. The standard InChI is InChI=1S/C17H32N2O3/c1-17(2,3)16(22)18-11-9-15(21)19-14(10-12-20)13-7-5-4-6-8-13/h13-14,20H,4-12H2,1-3H3,(H,18,22)(H,19,21). The minimum absolute atomic E-state index is 0.0421. The summed E-state index contributed by atoms with van der Waals surface area (Å²) in [6.07, 6.45) is 6.86. The number of rotatable bonds is 7. The van der Waals surface area contributed by atoms with Crippen molar-refractivity contribution in [1.82, 2.24) is 10.6 Å². The van der Waals surface area contributed by atoms with Crippen LogP contribution in [-0.4, -0.2) is 36.1 Å². The molecule has 1 unspecified atom stereocenters. The van der Waals surface area contributed by atoms with Crippen molar-refractivity contribution in [3.8, 4) is 0 Å². The van der Waals surface area contributed by atoms with Crippen LogP contribution in [0.1, 0.15) is 65.7 Å². The molecule has 3 N–H and O–H groups in total. The molecular weight excluding hydrogens is 280 g/mol. The summed E-state index contributed by atoms with van der Waals surface area (Å²) in [5.74, 6) is 0.395. The van der Waals surface area contributed by atoms with Crippen LogP contribution in [0.4, 0.5) is 0 Å². The smallest absolute Gasteiger partial charge is 0.225 e. The molecule has 0 saturated heterocycles. The summed E-state index contributed by atoms with van der Waals surface area (Å²) in [4.78, 5) is 23.8. The first-order chi connectivity index (χ1) is 10.3. The Bertz CT molecular complexity index is 357. The molecular formula is C17H32N2O3. The molecule has 1 aliphatic carbocycles. The lowest BCUT2D eigenvalue weighted by atomic mass is 9.82. The van der Waals surface area contributed by atoms with Crippen LogP contribution in [0.15, 0.2) is 0 Å². The van der Waals surface area contributed by atoms with Gasteiger partial charge in [0.15, 0.2) is 0 Å². The SMILES string of the molecule is CC(C)(C)C(=O)NCCC(=O)NC(CCO)C1CCCCC1. The van der Waals surface area contributed by atoms with E-state index in [1.165, 1.54) is 19.3 Å². The third-order valence-electron chi connectivity index (χ3n) is 4.32. The molecule has 22 heavy (non-hydrogen) atoms. The maximum absolute atomic E-state index is 12.1. The third kappa shape index (κ3) is 6.77. The van der Waals surface area contributed by atoms with Crippen LogP contribution in [0.25, 0.3) is 0 Å². The fourth-order valence-electron chi connectivity index (χ4n) is 2.94. The summed E-state index contributed by atoms with van der Waals surface area (Å²) < 4.78 is 0. The summed E-state index contributed by atoms with van der Waals surface area (Å²) in [6, 6.07) is 0.0658. The molecule has 1 aliphatic rings. The Hall–Kier alpha value is -1.10. The molecule has 1 rings (SSSR count). The number of nitrogens with one attached hydrogen (secondary N) is 2. The maximum atomic E-state index is 12.1. The highest BCUT2D eigenvalue weighted by Crippen LogP contribution is 2.27. The summed E-state index contributed by atoms with van der Waals surface area (Å²) in [5, 5.41) is 15.0. The van der Waals surface area contributed by atoms with Gasteiger partial charge in [-0.3, -0.25) is 9.59 Å². The monoisotopic (exact) mass is 312 g/mol. The van der Waals surface area contributed by atoms with E-state index in [4.69, 9.17) is 0 Å². The maximum Gasteiger partial charge on any atom is 0.225 e. The lowest BCUT2D eigenvalue weighted by Crippen LogP contribution is -2.43. The van der Waals surface area contributed by atoms with E-state index in [9.17, 15) is 14.7 Å². The first kappa shape index (κ1) is 18.9. The molecule has 0 radical (unpaired) electrons. The van der Waals surface area contributed by atoms with Crippen LogP contribution in [0, 0.1) is 11.3 Å². The summed E-state index contributed by atoms with van der Waals surface area (Å²) in [7, 11) is 0. The first-order valence-corrected chi connectivity index (χ1v) is 8.53. The van der Waals surface area contributed by atoms with Crippen LogP contribution in [0.2, 0.25) is 0 Å². The van der Waals surface area contributed by atoms with E-state index in [0.717, 1.165) is 12.8 Å². The lowest BCUT2D eigenvalue weighted by molar-refractivity contribution is -0.128. The Morgan fingerprint density at radius 1 is 1.18 bits per heavy atom. The number of aliphatic hydroxyl groups excluding tert-OH is 1. The van der Waals surface area contributed by atoms with Crippen molar-refractivity contribution in [3.63, 3.8) is 0 Å². The molecule has 2 amide bonds. The van der Waals surface area contributed by atoms with Gasteiger partial charge in [0.2, 0.25) is 11.8 Å². The van der Waals surface area contributed by atoms with Gasteiger partial charge in [0.05, 0.1) is 0 Å². The second-order valence-electron chi connectivity index (χ2n) is 7.34. The van der Waals surface area contributed by atoms with E-state index in [2.05, 4.69) is 10.6 Å². The van der Waals surface area contributed by atoms with Gasteiger partial charge < -0.3 is 15.7 Å². The van der Waals surface area contributed by atoms with Gasteiger partial charge in [-0.25, -0.2) is 0 Å². The van der Waals surface area contributed by atoms with E-state index in [1.54, 1.807) is 0 Å². The molecule has 0 aromatic rings. The van der Waals surface area contributed by atoms with E-state index in [1.807, 2.05) is 20.8 Å². The molecule has 128 valence electrons. The fraction of sp³-hybridized carbons (Fsp3) is 0.882. The number of aliphatic hydroxyl groups is 1. The summed E-state index contributed by atoms with van der Waals surface area (Å²) >= 11 is 0. The summed E-state index contributed by atoms with van der Waals surface area (Å²) in [5.41, 5.74) is -0.433. The predicted molar refractivity (Wildman–Crippen MR) is 87.3 cm³/mol. The zero-order valence-electron chi connectivity index (χ0n) is 14.3. The minimum atomic E-state index is -0.433. The largest absolute Gasteiger partial charge is 0.396 e. The quantitative estimate of drug-likeness (QED) is 0.672. The van der Waals surface area contributed by atoms with E-state index in [-0.39, 0.29) is 30.9 Å². The van der Waals surface area contributed by atoms with Crippen LogP contribution in [-0.2, 0) is 9.59 Å². The first-order valence-electron chi connectivity index (χ1n) is 8.53. The Labute approximate surface area is 134 Å². The normalized spacial score (nSPS) is 17.8. The molecule has 0 heterocycles. The van der Waals surface area contributed by atoms with Gasteiger partial charge in [-0.2, -0.15) is 0 Å². The number of carbonyl (C=O) groups excluding carboxylic acids is 2. The highest BCUT2D eigenvalue weighted by Gasteiger charge is 2.25. The Morgan fingerprint density at radius 2 is 1.82 bits per heavy atom. The number of carbonyl (C=O) groups is 2. The van der Waals surface area contributed by atoms with E-state index in [0.29, 0.717) is 18.9 Å². The molecule has 1 fully saturated rings. The highest BCUT2D eigenvalue weighted by atomic mass is 16.3. The summed E-state index contributed by atoms with van der Waals surface area (Å²) in [6.45, 7) is 6.01. The zero-order valence-corrected chi connectivity index (χ0v) is 14.3. The van der Waals surface area contributed by atoms with Crippen molar-refractivity contribution < 1.29 is 14.7 Å². The Morgan fingerprint density at radius 3 is 2.36 bits per heavy atom. The molecule has 1 atom stereocenters. The number of hydrogen-bond acceptors (Lipinski definition) is 3. The van der Waals surface area contributed by atoms with Crippen molar-refractivity contribution in [3.05, 3.63) is 0 Å². The lowest BCUT2D eigenvalue weighted by Gasteiger charge is -2.30. The molecule has 0 aliphatic heterocycles. The second kappa shape index (κ2) is 9.13. The Balaban J connectivity index is 2.35. The molecule has 5 heteroatoms. The predicted octanol–water partition coefficient (Wildman–Crippen LogP) is 1.99. The number of amides is 2. The van der Waals surface area contributed by atoms with E-state index < -0.39 is 5.41 Å². The second-order valence-corrected chi connectivity index (χ2v) is 7.34. The fourth-order valence-corrected chi connectivity index (χ4v) is 2.94. The third-order valence-corrected chi connectivity index (χ3v) is 4.32. The van der Waals surface area contributed by atoms with Crippen LogP contribution in [0.5, 0.6) is 0 Å². The molecule has 1 saturated carbocycles. The molecule has 0 spiro atoms. The van der Waals surface area contributed by atoms with Crippen molar-refractivity contribution in [1.29, 1.82) is 0 Å². The van der Waals surface area contributed by atoms with Gasteiger partial charge in [-0.1, -0.05) is 40.0 Å². The average Bonchev–Trinajstić information content (AvgIpc) is 2.46. The number of hydrogen-bond donors (Lipinski definition) is 3. The Kier molecular flexibility index (Phi) is 7.87. The van der Waals surface area contributed by atoms with Crippen LogP contribution >= 0.6 is 0 Å². The van der Waals surface area contributed by atoms with Crippen molar-refractivity contribution in [2.45, 2.75) is 71.8 Å². The van der Waals surface area contributed by atoms with Crippen molar-refractivity contribution in [2.75, 3.05) is 13.2 Å². The molecule has 5 nitrogen and oxygen atoms in total. The van der Waals surface area contributed by atoms with E-state index >= 15 is 0 Å². The van der Waals surface area contributed by atoms with Crippen LogP contribution in [0.3, 0.4) is 0 Å². The van der Waals surface area contributed by atoms with Gasteiger partial charge in [0.1, 0.15) is 0 Å². The minimum Gasteiger partial charge on any atom is -0.396 e.